The van der Waals surface area contributed by atoms with E-state index < -0.39 is 5.91 Å². The topological polar surface area (TPSA) is 120 Å². The first kappa shape index (κ1) is 23.1. The van der Waals surface area contributed by atoms with Crippen molar-refractivity contribution < 1.29 is 14.3 Å². The lowest BCUT2D eigenvalue weighted by Gasteiger charge is -2.22. The van der Waals surface area contributed by atoms with Crippen LogP contribution in [0.15, 0.2) is 37.2 Å². The van der Waals surface area contributed by atoms with E-state index in [0.29, 0.717) is 25.4 Å². The van der Waals surface area contributed by atoms with E-state index in [9.17, 15) is 9.59 Å². The molecule has 0 aliphatic carbocycles. The van der Waals surface area contributed by atoms with Crippen molar-refractivity contribution in [1.29, 1.82) is 0 Å². The minimum atomic E-state index is -0.635. The molecule has 4 rings (SSSR count). The third-order valence-electron chi connectivity index (χ3n) is 5.97. The van der Waals surface area contributed by atoms with Gasteiger partial charge in [0.1, 0.15) is 17.0 Å². The van der Waals surface area contributed by atoms with E-state index >= 15 is 0 Å². The van der Waals surface area contributed by atoms with Crippen molar-refractivity contribution in [2.45, 2.75) is 25.4 Å². The number of likely N-dealkylation sites (tertiary alicyclic amines) is 1. The second-order valence-electron chi connectivity index (χ2n) is 8.12. The summed E-state index contributed by atoms with van der Waals surface area (Å²) < 4.78 is 8.96. The Balaban J connectivity index is 1.72. The molecule has 1 aliphatic heterocycles. The molecule has 1 aliphatic rings. The molecule has 0 saturated carbocycles. The van der Waals surface area contributed by atoms with Crippen molar-refractivity contribution in [1.82, 2.24) is 24.1 Å². The number of hydrogen-bond acceptors (Lipinski definition) is 6. The largest absolute Gasteiger partial charge is 0.383 e. The fourth-order valence-corrected chi connectivity index (χ4v) is 4.38. The molecule has 0 bridgehead atoms. The Hall–Kier alpha value is -4.10. The minimum absolute atomic E-state index is 0.134. The van der Waals surface area contributed by atoms with E-state index in [1.54, 1.807) is 29.9 Å². The molecule has 3 N–H and O–H groups in total. The summed E-state index contributed by atoms with van der Waals surface area (Å²) in [6.45, 7) is 6.35. The zero-order chi connectivity index (χ0) is 24.4. The molecule has 1 saturated heterocycles. The van der Waals surface area contributed by atoms with Crippen molar-refractivity contribution in [2.75, 3.05) is 32.6 Å². The van der Waals surface area contributed by atoms with Crippen molar-refractivity contribution >= 4 is 23.3 Å². The van der Waals surface area contributed by atoms with Gasteiger partial charge in [-0.3, -0.25) is 9.59 Å². The van der Waals surface area contributed by atoms with Crippen LogP contribution in [0.25, 0.3) is 5.65 Å². The van der Waals surface area contributed by atoms with Gasteiger partial charge in [0, 0.05) is 44.4 Å². The fraction of sp³-hybridized carbons (Fsp3) is 0.333. The number of amides is 2. The Kier molecular flexibility index (Phi) is 6.38. The molecule has 3 aromatic heterocycles. The molecule has 3 aromatic rings. The van der Waals surface area contributed by atoms with Crippen LogP contribution in [0, 0.1) is 18.8 Å². The number of hydrogen-bond donors (Lipinski definition) is 2. The zero-order valence-corrected chi connectivity index (χ0v) is 19.4. The number of aryl methyl sites for hydroxylation is 1. The SMILES string of the molecule is C=CC(=O)N1C[C@@H](n2nc(C#Cc3ccn4c(C)cnc4c3)c(C(N)=O)c2NC)C[C@@H]1COC. The highest BCUT2D eigenvalue weighted by Crippen LogP contribution is 2.32. The number of pyridine rings is 1. The number of nitrogens with zero attached hydrogens (tertiary/aromatic N) is 5. The Morgan fingerprint density at radius 1 is 1.41 bits per heavy atom. The number of carbonyl (C=O) groups excluding carboxylic acids is 2. The molecule has 2 amide bonds. The third kappa shape index (κ3) is 4.13. The maximum absolute atomic E-state index is 12.4. The zero-order valence-electron chi connectivity index (χ0n) is 19.4. The third-order valence-corrected chi connectivity index (χ3v) is 5.97. The molecule has 176 valence electrons. The second kappa shape index (κ2) is 9.41. The monoisotopic (exact) mass is 461 g/mol. The first-order valence-corrected chi connectivity index (χ1v) is 10.9. The number of ether oxygens (including phenoxy) is 1. The average Bonchev–Trinajstić information content (AvgIpc) is 3.52. The van der Waals surface area contributed by atoms with Gasteiger partial charge < -0.3 is 25.1 Å². The van der Waals surface area contributed by atoms with Crippen LogP contribution in [-0.2, 0) is 9.53 Å². The van der Waals surface area contributed by atoms with Gasteiger partial charge in [-0.25, -0.2) is 9.67 Å². The van der Waals surface area contributed by atoms with Gasteiger partial charge in [0.05, 0.1) is 18.7 Å². The molecule has 0 aromatic carbocycles. The number of methoxy groups -OCH3 is 1. The van der Waals surface area contributed by atoms with E-state index in [1.165, 1.54) is 6.08 Å². The van der Waals surface area contributed by atoms with E-state index in [0.717, 1.165) is 16.9 Å². The van der Waals surface area contributed by atoms with Gasteiger partial charge >= 0.3 is 0 Å². The Bertz CT molecular complexity index is 1330. The van der Waals surface area contributed by atoms with E-state index in [-0.39, 0.29) is 29.2 Å². The molecule has 1 fully saturated rings. The molecule has 2 atom stereocenters. The normalized spacial score (nSPS) is 17.4. The number of nitrogens with two attached hydrogens (primary N) is 1. The number of imidazole rings is 1. The van der Waals surface area contributed by atoms with E-state index in [4.69, 9.17) is 10.5 Å². The first-order valence-electron chi connectivity index (χ1n) is 10.9. The summed E-state index contributed by atoms with van der Waals surface area (Å²) in [5.74, 6) is 5.72. The molecular weight excluding hydrogens is 434 g/mol. The molecule has 0 radical (unpaired) electrons. The van der Waals surface area contributed by atoms with Crippen LogP contribution in [-0.4, -0.2) is 69.2 Å². The lowest BCUT2D eigenvalue weighted by atomic mass is 10.1. The number of carbonyl (C=O) groups is 2. The smallest absolute Gasteiger partial charge is 0.255 e. The molecular formula is C24H27N7O3. The Labute approximate surface area is 197 Å². The predicted octanol–water partition coefficient (Wildman–Crippen LogP) is 1.35. The lowest BCUT2D eigenvalue weighted by molar-refractivity contribution is -0.127. The first-order chi connectivity index (χ1) is 16.4. The molecule has 10 heteroatoms. The number of aromatic nitrogens is 4. The van der Waals surface area contributed by atoms with Crippen molar-refractivity contribution in [3.8, 4) is 11.8 Å². The molecule has 0 spiro atoms. The quantitative estimate of drug-likeness (QED) is 0.422. The van der Waals surface area contributed by atoms with Crippen LogP contribution < -0.4 is 11.1 Å². The summed E-state index contributed by atoms with van der Waals surface area (Å²) in [5.41, 5.74) is 8.73. The van der Waals surface area contributed by atoms with Gasteiger partial charge in [-0.1, -0.05) is 12.5 Å². The summed E-state index contributed by atoms with van der Waals surface area (Å²) in [7, 11) is 3.29. The number of nitrogens with one attached hydrogen (secondary N) is 1. The van der Waals surface area contributed by atoms with Crippen molar-refractivity contribution in [3.63, 3.8) is 0 Å². The van der Waals surface area contributed by atoms with Gasteiger partial charge in [-0.15, -0.1) is 0 Å². The maximum atomic E-state index is 12.4. The van der Waals surface area contributed by atoms with Gasteiger partial charge in [-0.2, -0.15) is 5.10 Å². The second-order valence-corrected chi connectivity index (χ2v) is 8.12. The maximum Gasteiger partial charge on any atom is 0.255 e. The van der Waals surface area contributed by atoms with Gasteiger partial charge in [0.2, 0.25) is 5.91 Å². The van der Waals surface area contributed by atoms with Crippen LogP contribution in [0.1, 0.15) is 39.8 Å². The fourth-order valence-electron chi connectivity index (χ4n) is 4.38. The molecule has 34 heavy (non-hydrogen) atoms. The highest BCUT2D eigenvalue weighted by molar-refractivity contribution is 6.00. The number of primary amides is 1. The highest BCUT2D eigenvalue weighted by Gasteiger charge is 2.37. The molecule has 0 unspecified atom stereocenters. The van der Waals surface area contributed by atoms with E-state index in [1.807, 2.05) is 29.7 Å². The highest BCUT2D eigenvalue weighted by atomic mass is 16.5. The van der Waals surface area contributed by atoms with Crippen molar-refractivity contribution in [3.05, 3.63) is 59.7 Å². The average molecular weight is 462 g/mol. The standard InChI is InChI=1S/C24H27N7O3/c1-5-21(32)30-13-17(11-18(30)14-34-4)31-24(26-3)22(23(25)33)19(28-31)7-6-16-8-9-29-15(2)12-27-20(29)10-16/h5,8-10,12,17-18,26H,1,11,13-14H2,2-4H3,(H2,25,33)/t17-,18+/m0/s1. The van der Waals surface area contributed by atoms with Crippen LogP contribution in [0.5, 0.6) is 0 Å². The number of anilines is 1. The summed E-state index contributed by atoms with van der Waals surface area (Å²) in [6, 6.07) is 3.42. The van der Waals surface area contributed by atoms with Crippen LogP contribution in [0.2, 0.25) is 0 Å². The van der Waals surface area contributed by atoms with Gasteiger partial charge in [-0.05, 0) is 37.5 Å². The Morgan fingerprint density at radius 3 is 2.88 bits per heavy atom. The van der Waals surface area contributed by atoms with Crippen molar-refractivity contribution in [2.24, 2.45) is 5.73 Å². The molecule has 4 heterocycles. The summed E-state index contributed by atoms with van der Waals surface area (Å²) in [5, 5.41) is 7.67. The lowest BCUT2D eigenvalue weighted by Crippen LogP contribution is -2.37. The number of fused-ring (bicyclic) bond motifs is 1. The van der Waals surface area contributed by atoms with Crippen LogP contribution in [0.4, 0.5) is 5.82 Å². The van der Waals surface area contributed by atoms with E-state index in [2.05, 4.69) is 33.8 Å². The summed E-state index contributed by atoms with van der Waals surface area (Å²) >= 11 is 0. The minimum Gasteiger partial charge on any atom is -0.383 e. The van der Waals surface area contributed by atoms with Gasteiger partial charge in [0.15, 0.2) is 5.69 Å². The summed E-state index contributed by atoms with van der Waals surface area (Å²) in [4.78, 5) is 30.8. The predicted molar refractivity (Wildman–Crippen MR) is 127 cm³/mol. The van der Waals surface area contributed by atoms with Gasteiger partial charge in [0.25, 0.3) is 5.91 Å². The Morgan fingerprint density at radius 2 is 2.21 bits per heavy atom. The van der Waals surface area contributed by atoms with Crippen LogP contribution in [0.3, 0.4) is 0 Å². The number of rotatable bonds is 6. The van der Waals surface area contributed by atoms with Crippen LogP contribution >= 0.6 is 0 Å². The summed E-state index contributed by atoms with van der Waals surface area (Å²) in [6.07, 6.45) is 5.58. The molecule has 10 nitrogen and oxygen atoms in total.